The first-order valence-corrected chi connectivity index (χ1v) is 13.8. The standard InChI is InChI=1S/C32H32N4O5/c1-4-5-18-41-21-12-10-20(11-13-21)33-29(37)24-8-6-7-9-27(24)36-30(38)32(2)28-23(16-17-35(32)31(36)39)25-19-22(40-3)14-15-26(25)34-28/h6-15,19,34H,4-5,16-18H2,1-3H3,(H,33,37)/t32-/m0/s1. The lowest BCUT2D eigenvalue weighted by atomic mass is 9.87. The largest absolute Gasteiger partial charge is 0.497 e. The topological polar surface area (TPSA) is 104 Å². The number of imide groups is 1. The van der Waals surface area contributed by atoms with Crippen LogP contribution in [-0.2, 0) is 16.8 Å². The molecule has 9 heteroatoms. The maximum Gasteiger partial charge on any atom is 0.332 e. The number of aromatic amines is 1. The van der Waals surface area contributed by atoms with E-state index in [0.29, 0.717) is 31.0 Å². The number of hydrogen-bond acceptors (Lipinski definition) is 5. The van der Waals surface area contributed by atoms with Crippen molar-refractivity contribution < 1.29 is 23.9 Å². The molecule has 210 valence electrons. The van der Waals surface area contributed by atoms with Crippen molar-refractivity contribution in [2.45, 2.75) is 38.6 Å². The Bertz CT molecular complexity index is 1660. The minimum atomic E-state index is -1.24. The van der Waals surface area contributed by atoms with E-state index in [1.807, 2.05) is 18.2 Å². The number of H-pyrrole nitrogens is 1. The van der Waals surface area contributed by atoms with Crippen LogP contribution in [0.2, 0.25) is 0 Å². The molecular weight excluding hydrogens is 520 g/mol. The second-order valence-corrected chi connectivity index (χ2v) is 10.5. The van der Waals surface area contributed by atoms with E-state index in [9.17, 15) is 14.4 Å². The van der Waals surface area contributed by atoms with Gasteiger partial charge in [-0.05, 0) is 79.9 Å². The number of nitrogens with one attached hydrogen (secondary N) is 2. The molecule has 2 N–H and O–H groups in total. The van der Waals surface area contributed by atoms with Crippen LogP contribution in [0.1, 0.15) is 48.3 Å². The van der Waals surface area contributed by atoms with Crippen LogP contribution in [0.15, 0.2) is 66.7 Å². The molecule has 2 aliphatic heterocycles. The van der Waals surface area contributed by atoms with Crippen LogP contribution in [0, 0.1) is 0 Å². The van der Waals surface area contributed by atoms with E-state index in [2.05, 4.69) is 17.2 Å². The minimum absolute atomic E-state index is 0.225. The van der Waals surface area contributed by atoms with Gasteiger partial charge in [-0.25, -0.2) is 9.69 Å². The first kappa shape index (κ1) is 26.4. The van der Waals surface area contributed by atoms with Crippen molar-refractivity contribution in [2.24, 2.45) is 0 Å². The Labute approximate surface area is 238 Å². The molecule has 3 aromatic carbocycles. The van der Waals surface area contributed by atoms with Crippen LogP contribution in [0.3, 0.4) is 0 Å². The molecule has 0 radical (unpaired) electrons. The number of ether oxygens (including phenoxy) is 2. The molecule has 41 heavy (non-hydrogen) atoms. The molecule has 3 heterocycles. The maximum absolute atomic E-state index is 14.2. The predicted octanol–water partition coefficient (Wildman–Crippen LogP) is 5.85. The van der Waals surface area contributed by atoms with E-state index in [4.69, 9.17) is 9.47 Å². The third kappa shape index (κ3) is 4.28. The molecule has 1 fully saturated rings. The van der Waals surface area contributed by atoms with E-state index in [1.54, 1.807) is 67.5 Å². The average molecular weight is 553 g/mol. The minimum Gasteiger partial charge on any atom is -0.497 e. The smallest absolute Gasteiger partial charge is 0.332 e. The number of carbonyl (C=O) groups excluding carboxylic acids is 3. The summed E-state index contributed by atoms with van der Waals surface area (Å²) in [4.78, 5) is 47.6. The van der Waals surface area contributed by atoms with Crippen LogP contribution < -0.4 is 19.7 Å². The number of hydrogen-bond donors (Lipinski definition) is 2. The molecule has 0 unspecified atom stereocenters. The molecule has 4 aromatic rings. The highest BCUT2D eigenvalue weighted by atomic mass is 16.5. The second-order valence-electron chi connectivity index (χ2n) is 10.5. The Morgan fingerprint density at radius 1 is 1.05 bits per heavy atom. The number of carbonyl (C=O) groups is 3. The van der Waals surface area contributed by atoms with Gasteiger partial charge in [0, 0.05) is 23.1 Å². The van der Waals surface area contributed by atoms with Gasteiger partial charge in [0.2, 0.25) is 0 Å². The molecule has 1 aromatic heterocycles. The van der Waals surface area contributed by atoms with Gasteiger partial charge in [0.05, 0.1) is 30.7 Å². The summed E-state index contributed by atoms with van der Waals surface area (Å²) >= 11 is 0. The summed E-state index contributed by atoms with van der Waals surface area (Å²) in [6, 6.07) is 19.1. The molecule has 0 saturated carbocycles. The van der Waals surface area contributed by atoms with E-state index in [1.165, 1.54) is 0 Å². The fraction of sp³-hybridized carbons (Fsp3) is 0.281. The molecule has 2 aliphatic rings. The summed E-state index contributed by atoms with van der Waals surface area (Å²) in [5.74, 6) is 0.621. The quantitative estimate of drug-likeness (QED) is 0.211. The molecule has 0 bridgehead atoms. The van der Waals surface area contributed by atoms with E-state index >= 15 is 0 Å². The van der Waals surface area contributed by atoms with Crippen molar-refractivity contribution in [2.75, 3.05) is 30.5 Å². The molecule has 4 amide bonds. The van der Waals surface area contributed by atoms with Gasteiger partial charge in [-0.3, -0.25) is 9.59 Å². The number of amides is 4. The third-order valence-corrected chi connectivity index (χ3v) is 8.04. The van der Waals surface area contributed by atoms with Gasteiger partial charge < -0.3 is 24.7 Å². The Hall–Kier alpha value is -4.79. The summed E-state index contributed by atoms with van der Waals surface area (Å²) < 4.78 is 11.1. The fourth-order valence-corrected chi connectivity index (χ4v) is 5.79. The normalized spacial score (nSPS) is 17.9. The number of para-hydroxylation sites is 1. The highest BCUT2D eigenvalue weighted by molar-refractivity contribution is 6.26. The van der Waals surface area contributed by atoms with Gasteiger partial charge in [-0.1, -0.05) is 25.5 Å². The summed E-state index contributed by atoms with van der Waals surface area (Å²) in [6.07, 6.45) is 2.60. The van der Waals surface area contributed by atoms with Crippen LogP contribution in [0.4, 0.5) is 16.2 Å². The highest BCUT2D eigenvalue weighted by Crippen LogP contribution is 2.46. The number of rotatable bonds is 8. The second kappa shape index (κ2) is 10.3. The van der Waals surface area contributed by atoms with Crippen LogP contribution in [0.25, 0.3) is 10.9 Å². The molecular formula is C32H32N4O5. The third-order valence-electron chi connectivity index (χ3n) is 8.04. The molecule has 9 nitrogen and oxygen atoms in total. The van der Waals surface area contributed by atoms with Gasteiger partial charge in [0.1, 0.15) is 11.5 Å². The van der Waals surface area contributed by atoms with Crippen molar-refractivity contribution in [3.8, 4) is 11.5 Å². The molecule has 1 saturated heterocycles. The first-order chi connectivity index (χ1) is 19.9. The number of methoxy groups -OCH3 is 1. The van der Waals surface area contributed by atoms with Gasteiger partial charge >= 0.3 is 6.03 Å². The van der Waals surface area contributed by atoms with Gasteiger partial charge in [0.25, 0.3) is 11.8 Å². The Kier molecular flexibility index (Phi) is 6.65. The zero-order valence-electron chi connectivity index (χ0n) is 23.3. The molecule has 0 spiro atoms. The van der Waals surface area contributed by atoms with E-state index in [-0.39, 0.29) is 11.3 Å². The van der Waals surface area contributed by atoms with Crippen LogP contribution in [0.5, 0.6) is 11.5 Å². The number of anilines is 2. The summed E-state index contributed by atoms with van der Waals surface area (Å²) in [5, 5.41) is 3.86. The van der Waals surface area contributed by atoms with Crippen LogP contribution >= 0.6 is 0 Å². The number of urea groups is 1. The zero-order chi connectivity index (χ0) is 28.7. The van der Waals surface area contributed by atoms with Crippen molar-refractivity contribution in [3.05, 3.63) is 83.6 Å². The molecule has 6 rings (SSSR count). The monoisotopic (exact) mass is 552 g/mol. The van der Waals surface area contributed by atoms with Crippen molar-refractivity contribution in [3.63, 3.8) is 0 Å². The van der Waals surface area contributed by atoms with Crippen molar-refractivity contribution in [1.29, 1.82) is 0 Å². The van der Waals surface area contributed by atoms with Gasteiger partial charge in [-0.15, -0.1) is 0 Å². The summed E-state index contributed by atoms with van der Waals surface area (Å²) in [6.45, 7) is 4.88. The van der Waals surface area contributed by atoms with Gasteiger partial charge in [-0.2, -0.15) is 0 Å². The number of aromatic nitrogens is 1. The summed E-state index contributed by atoms with van der Waals surface area (Å²) in [7, 11) is 1.62. The van der Waals surface area contributed by atoms with Crippen molar-refractivity contribution in [1.82, 2.24) is 9.88 Å². The summed E-state index contributed by atoms with van der Waals surface area (Å²) in [5.41, 5.74) is 2.36. The maximum atomic E-state index is 14.2. The van der Waals surface area contributed by atoms with Crippen LogP contribution in [-0.4, -0.2) is 48.0 Å². The predicted molar refractivity (Wildman–Crippen MR) is 157 cm³/mol. The lowest BCUT2D eigenvalue weighted by molar-refractivity contribution is -0.125. The van der Waals surface area contributed by atoms with Gasteiger partial charge in [0.15, 0.2) is 5.54 Å². The molecule has 1 atom stereocenters. The first-order valence-electron chi connectivity index (χ1n) is 13.8. The zero-order valence-corrected chi connectivity index (χ0v) is 23.3. The molecule has 0 aliphatic carbocycles. The lowest BCUT2D eigenvalue weighted by Gasteiger charge is -2.35. The number of benzene rings is 3. The lowest BCUT2D eigenvalue weighted by Crippen LogP contribution is -2.49. The number of nitrogens with zero attached hydrogens (tertiary/aromatic N) is 2. The van der Waals surface area contributed by atoms with E-state index in [0.717, 1.165) is 45.7 Å². The Morgan fingerprint density at radius 2 is 1.80 bits per heavy atom. The average Bonchev–Trinajstić information content (AvgIpc) is 3.46. The fourth-order valence-electron chi connectivity index (χ4n) is 5.79. The number of fused-ring (bicyclic) bond motifs is 5. The van der Waals surface area contributed by atoms with E-state index < -0.39 is 23.4 Å². The SMILES string of the molecule is CCCCOc1ccc(NC(=O)c2ccccc2N2C(=O)N3CCc4c([nH]c5ccc(OC)cc45)[C@@]3(C)C2=O)cc1. The number of unbranched alkanes of at least 4 members (excludes halogenated alkanes) is 1. The highest BCUT2D eigenvalue weighted by Gasteiger charge is 2.59. The Balaban J connectivity index is 1.30. The van der Waals surface area contributed by atoms with Crippen molar-refractivity contribution >= 4 is 40.1 Å². The Morgan fingerprint density at radius 3 is 2.56 bits per heavy atom.